The Morgan fingerprint density at radius 3 is 2.27 bits per heavy atom. The van der Waals surface area contributed by atoms with E-state index >= 15 is 0 Å². The first-order valence-corrected chi connectivity index (χ1v) is 13.9. The minimum atomic E-state index is -0.905. The summed E-state index contributed by atoms with van der Waals surface area (Å²) in [6.45, 7) is 9.60. The lowest BCUT2D eigenvalue weighted by Gasteiger charge is -2.29. The van der Waals surface area contributed by atoms with Crippen molar-refractivity contribution in [3.8, 4) is 0 Å². The molecule has 3 amide bonds. The molecule has 0 aromatic heterocycles. The van der Waals surface area contributed by atoms with Gasteiger partial charge in [-0.2, -0.15) is 11.8 Å². The molecule has 1 fully saturated rings. The lowest BCUT2D eigenvalue weighted by Crippen LogP contribution is -2.56. The normalized spacial score (nSPS) is 19.2. The van der Waals surface area contributed by atoms with Gasteiger partial charge in [-0.3, -0.25) is 14.5 Å². The van der Waals surface area contributed by atoms with Crippen LogP contribution < -0.4 is 10.6 Å². The average Bonchev–Trinajstić information content (AvgIpc) is 3.27. The van der Waals surface area contributed by atoms with Gasteiger partial charge in [0.05, 0.1) is 7.11 Å². The monoisotopic (exact) mass is 535 g/mol. The minimum absolute atomic E-state index is 0.0789. The molecule has 0 aliphatic carbocycles. The molecule has 0 saturated carbocycles. The summed E-state index contributed by atoms with van der Waals surface area (Å²) < 4.78 is 10.4. The number of nitrogens with zero attached hydrogens (tertiary/aromatic N) is 1. The summed E-state index contributed by atoms with van der Waals surface area (Å²) in [5, 5.41) is 5.69. The van der Waals surface area contributed by atoms with E-state index in [2.05, 4.69) is 10.6 Å². The number of carbonyl (C=O) groups is 4. The molecule has 2 rings (SSSR count). The van der Waals surface area contributed by atoms with Crippen LogP contribution in [0.5, 0.6) is 0 Å². The maximum absolute atomic E-state index is 13.4. The van der Waals surface area contributed by atoms with Crippen LogP contribution in [-0.4, -0.2) is 77.7 Å². The number of hydrogen-bond donors (Lipinski definition) is 2. The number of nitrogens with one attached hydrogen (secondary N) is 2. The first-order valence-electron chi connectivity index (χ1n) is 12.6. The molecule has 1 aliphatic rings. The van der Waals surface area contributed by atoms with Crippen LogP contribution in [0.2, 0.25) is 0 Å². The van der Waals surface area contributed by atoms with E-state index in [1.54, 1.807) is 32.5 Å². The van der Waals surface area contributed by atoms with Gasteiger partial charge in [0.25, 0.3) is 0 Å². The van der Waals surface area contributed by atoms with Crippen LogP contribution in [-0.2, 0) is 30.3 Å². The van der Waals surface area contributed by atoms with Crippen LogP contribution in [0.25, 0.3) is 0 Å². The van der Waals surface area contributed by atoms with Crippen molar-refractivity contribution in [2.45, 2.75) is 82.9 Å². The third kappa shape index (κ3) is 9.57. The molecule has 1 aromatic rings. The van der Waals surface area contributed by atoms with Gasteiger partial charge in [-0.15, -0.1) is 0 Å². The number of ether oxygens (including phenoxy) is 2. The molecule has 2 N–H and O–H groups in total. The number of hydrogen-bond acceptors (Lipinski definition) is 7. The first kappa shape index (κ1) is 30.5. The highest BCUT2D eigenvalue weighted by Crippen LogP contribution is 2.28. The minimum Gasteiger partial charge on any atom is -0.467 e. The second-order valence-electron chi connectivity index (χ2n) is 10.7. The highest BCUT2D eigenvalue weighted by Gasteiger charge is 2.42. The molecule has 1 saturated heterocycles. The number of benzene rings is 1. The number of esters is 1. The fourth-order valence-corrected chi connectivity index (χ4v) is 4.85. The fraction of sp³-hybridized carbons (Fsp3) is 0.630. The Bertz CT molecular complexity index is 934. The van der Waals surface area contributed by atoms with Crippen LogP contribution in [0.4, 0.5) is 4.79 Å². The zero-order valence-corrected chi connectivity index (χ0v) is 23.7. The average molecular weight is 536 g/mol. The van der Waals surface area contributed by atoms with Gasteiger partial charge in [-0.1, -0.05) is 44.2 Å². The highest BCUT2D eigenvalue weighted by molar-refractivity contribution is 7.99. The SMILES string of the molecule is COC(=O)[C@H](Cc1ccccc1)NC(=O)[C@H](CC(C)C)NC(=O)[C@@H]1C[C@H](SC)CN1C(=O)OC(C)(C)C. The lowest BCUT2D eigenvalue weighted by atomic mass is 10.0. The summed E-state index contributed by atoms with van der Waals surface area (Å²) >= 11 is 1.58. The molecule has 0 bridgehead atoms. The fourth-order valence-electron chi connectivity index (χ4n) is 4.17. The van der Waals surface area contributed by atoms with Gasteiger partial charge in [0.2, 0.25) is 11.8 Å². The topological polar surface area (TPSA) is 114 Å². The molecule has 0 radical (unpaired) electrons. The van der Waals surface area contributed by atoms with Crippen molar-refractivity contribution in [2.24, 2.45) is 5.92 Å². The van der Waals surface area contributed by atoms with Crippen molar-refractivity contribution in [3.05, 3.63) is 35.9 Å². The zero-order valence-electron chi connectivity index (χ0n) is 22.9. The Morgan fingerprint density at radius 2 is 1.73 bits per heavy atom. The van der Waals surface area contributed by atoms with Gasteiger partial charge in [0.15, 0.2) is 0 Å². The molecule has 37 heavy (non-hydrogen) atoms. The van der Waals surface area contributed by atoms with Crippen LogP contribution in [0.1, 0.15) is 53.0 Å². The predicted octanol–water partition coefficient (Wildman–Crippen LogP) is 3.16. The van der Waals surface area contributed by atoms with Gasteiger partial charge in [0, 0.05) is 18.2 Å². The molecule has 10 heteroatoms. The summed E-state index contributed by atoms with van der Waals surface area (Å²) in [5.41, 5.74) is 0.168. The predicted molar refractivity (Wildman–Crippen MR) is 144 cm³/mol. The number of carbonyl (C=O) groups excluding carboxylic acids is 4. The number of likely N-dealkylation sites (tertiary alicyclic amines) is 1. The van der Waals surface area contributed by atoms with Crippen LogP contribution in [0.15, 0.2) is 30.3 Å². The summed E-state index contributed by atoms with van der Waals surface area (Å²) in [6, 6.07) is 6.76. The number of methoxy groups -OCH3 is 1. The van der Waals surface area contributed by atoms with Crippen LogP contribution in [0.3, 0.4) is 0 Å². The quantitative estimate of drug-likeness (QED) is 0.443. The lowest BCUT2D eigenvalue weighted by molar-refractivity contribution is -0.145. The second kappa shape index (κ2) is 13.7. The van der Waals surface area contributed by atoms with Gasteiger partial charge in [0.1, 0.15) is 23.7 Å². The van der Waals surface area contributed by atoms with E-state index in [4.69, 9.17) is 9.47 Å². The van der Waals surface area contributed by atoms with Crippen LogP contribution in [0, 0.1) is 5.92 Å². The molecule has 1 heterocycles. The van der Waals surface area contributed by atoms with Crippen molar-refractivity contribution in [1.29, 1.82) is 0 Å². The van der Waals surface area contributed by atoms with Gasteiger partial charge < -0.3 is 20.1 Å². The third-order valence-electron chi connectivity index (χ3n) is 5.95. The smallest absolute Gasteiger partial charge is 0.411 e. The Balaban J connectivity index is 2.19. The molecular formula is C27H41N3O6S. The van der Waals surface area contributed by atoms with Crippen LogP contribution >= 0.6 is 11.8 Å². The van der Waals surface area contributed by atoms with E-state index < -0.39 is 47.6 Å². The highest BCUT2D eigenvalue weighted by atomic mass is 32.2. The summed E-state index contributed by atoms with van der Waals surface area (Å²) in [7, 11) is 1.27. The van der Waals surface area contributed by atoms with E-state index in [1.807, 2.05) is 50.4 Å². The Labute approximate surface area is 224 Å². The number of amides is 3. The summed E-state index contributed by atoms with van der Waals surface area (Å²) in [6.07, 6.45) is 2.46. The molecule has 1 aliphatic heterocycles. The van der Waals surface area contributed by atoms with E-state index in [0.29, 0.717) is 19.4 Å². The molecule has 0 spiro atoms. The second-order valence-corrected chi connectivity index (χ2v) is 11.8. The Morgan fingerprint density at radius 1 is 1.08 bits per heavy atom. The van der Waals surface area contributed by atoms with Crippen molar-refractivity contribution in [1.82, 2.24) is 15.5 Å². The summed E-state index contributed by atoms with van der Waals surface area (Å²) in [4.78, 5) is 53.5. The molecule has 4 atom stereocenters. The van der Waals surface area contributed by atoms with Gasteiger partial charge >= 0.3 is 12.1 Å². The van der Waals surface area contributed by atoms with E-state index in [9.17, 15) is 19.2 Å². The Hall–Kier alpha value is -2.75. The number of rotatable bonds is 10. The molecule has 206 valence electrons. The van der Waals surface area contributed by atoms with Gasteiger partial charge in [-0.25, -0.2) is 9.59 Å². The Kier molecular flexibility index (Phi) is 11.3. The standard InChI is InChI=1S/C27H41N3O6S/c1-17(2)13-20(23(31)29-21(25(33)35-6)14-18-11-9-8-10-12-18)28-24(32)22-15-19(37-7)16-30(22)26(34)36-27(3,4)5/h8-12,17,19-22H,13-16H2,1-7H3,(H,28,32)(H,29,31)/t19-,20-,21-,22-/m0/s1. The van der Waals surface area contributed by atoms with Crippen molar-refractivity contribution in [3.63, 3.8) is 0 Å². The molecule has 1 aromatic carbocycles. The van der Waals surface area contributed by atoms with E-state index in [-0.39, 0.29) is 17.6 Å². The first-order chi connectivity index (χ1) is 17.3. The summed E-state index contributed by atoms with van der Waals surface area (Å²) in [5.74, 6) is -1.37. The van der Waals surface area contributed by atoms with Crippen molar-refractivity contribution < 1.29 is 28.7 Å². The maximum atomic E-state index is 13.4. The van der Waals surface area contributed by atoms with Gasteiger partial charge in [-0.05, 0) is 51.3 Å². The molecule has 9 nitrogen and oxygen atoms in total. The largest absolute Gasteiger partial charge is 0.467 e. The third-order valence-corrected chi connectivity index (χ3v) is 6.96. The molecular weight excluding hydrogens is 494 g/mol. The van der Waals surface area contributed by atoms with Crippen molar-refractivity contribution in [2.75, 3.05) is 19.9 Å². The van der Waals surface area contributed by atoms with E-state index in [1.165, 1.54) is 12.0 Å². The number of thioether (sulfide) groups is 1. The van der Waals surface area contributed by atoms with E-state index in [0.717, 1.165) is 5.56 Å². The molecule has 0 unspecified atom stereocenters. The maximum Gasteiger partial charge on any atom is 0.411 e. The van der Waals surface area contributed by atoms with Crippen molar-refractivity contribution >= 4 is 35.6 Å². The zero-order chi connectivity index (χ0) is 27.8.